The van der Waals surface area contributed by atoms with E-state index in [0.29, 0.717) is 12.2 Å². The van der Waals surface area contributed by atoms with Gasteiger partial charge in [0, 0.05) is 28.2 Å². The molecule has 1 aliphatic heterocycles. The highest BCUT2D eigenvalue weighted by Crippen LogP contribution is 2.69. The topological polar surface area (TPSA) is 88.5 Å². The fourth-order valence-electron chi connectivity index (χ4n) is 8.56. The highest BCUT2D eigenvalue weighted by molar-refractivity contribution is 7.47. The van der Waals surface area contributed by atoms with Crippen LogP contribution in [-0.2, 0) is 10.8 Å². The molecule has 1 fully saturated rings. The lowest BCUT2D eigenvalue weighted by molar-refractivity contribution is 0.108. The van der Waals surface area contributed by atoms with Gasteiger partial charge in [-0.15, -0.1) is 0 Å². The fraction of sp³-hybridized carbons (Fsp3) is 0.366. The molecular formula is C41H46N4O3P2. The number of hydrogen-bond acceptors (Lipinski definition) is 5. The summed E-state index contributed by atoms with van der Waals surface area (Å²) in [5.74, 6) is 1.33. The predicted molar refractivity (Wildman–Crippen MR) is 208 cm³/mol. The SMILES string of the molecule is CC(C)(C)C1=CC2(Op3n4c5ccccc5cc4c4cc5ccccc5n43)CC23Oc2c(OP(N)N)cc(C(C)(C)C)cc2C(C)(C)C3=CC1. The van der Waals surface area contributed by atoms with Crippen molar-refractivity contribution in [2.75, 3.05) is 0 Å². The van der Waals surface area contributed by atoms with Gasteiger partial charge in [0.1, 0.15) is 5.60 Å². The van der Waals surface area contributed by atoms with Gasteiger partial charge in [0.15, 0.2) is 25.2 Å². The molecule has 0 amide bonds. The normalized spacial score (nSPS) is 23.0. The van der Waals surface area contributed by atoms with Gasteiger partial charge in [0.2, 0.25) is 8.45 Å². The first-order chi connectivity index (χ1) is 23.5. The number of nitrogens with zero attached hydrogens (tertiary/aromatic N) is 2. The van der Waals surface area contributed by atoms with E-state index in [1.165, 1.54) is 44.0 Å². The quantitative estimate of drug-likeness (QED) is 0.141. The molecule has 9 heteroatoms. The van der Waals surface area contributed by atoms with Crippen LogP contribution in [0.2, 0.25) is 0 Å². The summed E-state index contributed by atoms with van der Waals surface area (Å²) in [6.07, 6.45) is 6.39. The third-order valence-electron chi connectivity index (χ3n) is 11.4. The number of fused-ring (bicyclic) bond motifs is 8. The second-order valence-electron chi connectivity index (χ2n) is 17.1. The van der Waals surface area contributed by atoms with Gasteiger partial charge in [-0.1, -0.05) is 110 Å². The molecule has 4 heterocycles. The highest BCUT2D eigenvalue weighted by Gasteiger charge is 2.77. The van der Waals surface area contributed by atoms with Gasteiger partial charge in [0.25, 0.3) is 0 Å². The third kappa shape index (κ3) is 4.44. The van der Waals surface area contributed by atoms with Crippen molar-refractivity contribution in [2.45, 2.75) is 90.3 Å². The highest BCUT2D eigenvalue weighted by atomic mass is 31.2. The minimum Gasteiger partial charge on any atom is -0.475 e. The molecular weight excluding hydrogens is 658 g/mol. The second kappa shape index (κ2) is 10.3. The Labute approximate surface area is 296 Å². The molecule has 0 radical (unpaired) electrons. The number of para-hydroxylation sites is 2. The number of allylic oxidation sites excluding steroid dienone is 2. The van der Waals surface area contributed by atoms with Crippen LogP contribution in [0.25, 0.3) is 32.8 Å². The molecule has 2 unspecified atom stereocenters. The van der Waals surface area contributed by atoms with Crippen LogP contribution in [0.5, 0.6) is 11.5 Å². The van der Waals surface area contributed by atoms with Crippen LogP contribution in [0.3, 0.4) is 0 Å². The Morgan fingerprint density at radius 2 is 1.40 bits per heavy atom. The van der Waals surface area contributed by atoms with E-state index in [0.717, 1.165) is 23.3 Å². The number of benzene rings is 3. The van der Waals surface area contributed by atoms with E-state index in [1.807, 2.05) is 0 Å². The van der Waals surface area contributed by atoms with Gasteiger partial charge >= 0.3 is 0 Å². The van der Waals surface area contributed by atoms with Crippen LogP contribution in [-0.4, -0.2) is 19.5 Å². The van der Waals surface area contributed by atoms with Crippen LogP contribution in [0, 0.1) is 5.41 Å². The van der Waals surface area contributed by atoms with Crippen molar-refractivity contribution in [1.29, 1.82) is 0 Å². The first-order valence-corrected chi connectivity index (χ1v) is 20.1. The molecule has 2 aliphatic carbocycles. The Morgan fingerprint density at radius 3 is 1.96 bits per heavy atom. The predicted octanol–water partition coefficient (Wildman–Crippen LogP) is 10.3. The maximum Gasteiger partial charge on any atom is 0.236 e. The maximum atomic E-state index is 7.83. The van der Waals surface area contributed by atoms with Crippen molar-refractivity contribution in [3.63, 3.8) is 0 Å². The van der Waals surface area contributed by atoms with Gasteiger partial charge in [-0.05, 0) is 64.8 Å². The van der Waals surface area contributed by atoms with Crippen LogP contribution in [0.15, 0.2) is 96.1 Å². The van der Waals surface area contributed by atoms with Crippen LogP contribution in [0.4, 0.5) is 0 Å². The van der Waals surface area contributed by atoms with E-state index in [2.05, 4.69) is 149 Å². The van der Waals surface area contributed by atoms with Crippen LogP contribution in [0.1, 0.15) is 79.4 Å². The van der Waals surface area contributed by atoms with Crippen molar-refractivity contribution in [2.24, 2.45) is 16.4 Å². The van der Waals surface area contributed by atoms with Gasteiger partial charge in [0.05, 0.1) is 22.1 Å². The summed E-state index contributed by atoms with van der Waals surface area (Å²) in [6, 6.07) is 26.3. The lowest BCUT2D eigenvalue weighted by Crippen LogP contribution is -2.46. The summed E-state index contributed by atoms with van der Waals surface area (Å²) in [7, 11) is -3.03. The zero-order valence-corrected chi connectivity index (χ0v) is 32.0. The smallest absolute Gasteiger partial charge is 0.236 e. The number of ether oxygens (including phenoxy) is 1. The molecule has 4 N–H and O–H groups in total. The van der Waals surface area contributed by atoms with Gasteiger partial charge in [-0.3, -0.25) is 23.9 Å². The Hall–Kier alpha value is -3.57. The number of rotatable bonds is 4. The third-order valence-corrected chi connectivity index (χ3v) is 13.8. The van der Waals surface area contributed by atoms with E-state index in [-0.39, 0.29) is 16.2 Å². The van der Waals surface area contributed by atoms with Gasteiger partial charge in [-0.2, -0.15) is 0 Å². The molecule has 1 spiro atoms. The molecule has 258 valence electrons. The Kier molecular flexibility index (Phi) is 6.65. The summed E-state index contributed by atoms with van der Waals surface area (Å²) in [5.41, 5.74) is 19.9. The summed E-state index contributed by atoms with van der Waals surface area (Å²) in [4.78, 5) is 0. The molecule has 3 aromatic carbocycles. The summed E-state index contributed by atoms with van der Waals surface area (Å²) in [5, 5.41) is 2.43. The summed E-state index contributed by atoms with van der Waals surface area (Å²) >= 11 is 0. The number of aromatic nitrogens is 2. The van der Waals surface area contributed by atoms with Crippen LogP contribution < -0.4 is 24.8 Å². The zero-order valence-electron chi connectivity index (χ0n) is 30.2. The second-order valence-corrected chi connectivity index (χ2v) is 19.4. The van der Waals surface area contributed by atoms with Gasteiger partial charge in [-0.25, -0.2) is 0 Å². The number of hydrogen-bond donors (Lipinski definition) is 2. The largest absolute Gasteiger partial charge is 0.475 e. The first kappa shape index (κ1) is 32.3. The molecule has 2 atom stereocenters. The molecule has 0 bridgehead atoms. The average Bonchev–Trinajstić information content (AvgIpc) is 3.26. The zero-order chi connectivity index (χ0) is 35.2. The molecule has 1 saturated carbocycles. The van der Waals surface area contributed by atoms with Crippen molar-refractivity contribution >= 4 is 49.4 Å². The molecule has 0 saturated heterocycles. The molecule has 7 nitrogen and oxygen atoms in total. The Bertz CT molecular complexity index is 2380. The van der Waals surface area contributed by atoms with E-state index >= 15 is 0 Å². The fourth-order valence-corrected chi connectivity index (χ4v) is 11.2. The molecule has 9 rings (SSSR count). The minimum atomic E-state index is -1.67. The van der Waals surface area contributed by atoms with E-state index in [1.54, 1.807) is 0 Å². The Balaban J connectivity index is 1.32. The van der Waals surface area contributed by atoms with Crippen molar-refractivity contribution in [3.8, 4) is 11.5 Å². The summed E-state index contributed by atoms with van der Waals surface area (Å²) < 4.78 is 26.4. The number of nitrogens with two attached hydrogens (primary N) is 2. The van der Waals surface area contributed by atoms with Crippen molar-refractivity contribution < 1.29 is 13.8 Å². The minimum absolute atomic E-state index is 0.0656. The van der Waals surface area contributed by atoms with E-state index in [4.69, 9.17) is 24.8 Å². The maximum absolute atomic E-state index is 7.83. The molecule has 6 aromatic rings. The van der Waals surface area contributed by atoms with Gasteiger partial charge < -0.3 is 9.26 Å². The molecule has 3 aliphatic rings. The standard InChI is InChI=1S/C41H46N4O3P2/c1-37(2,3)27-17-18-35-39(7,8)29-21-28(38(4,5)6)22-34(47-49(42)43)36(29)46-41(35)24-40(41,23-27)48-50-44-30-15-11-9-13-25(30)19-32(44)33-20-26-14-10-12-16-31(26)45(33)50/h9-16,18-23H,17,24,42-43H2,1-8H3. The summed E-state index contributed by atoms with van der Waals surface area (Å²) in [6.45, 7) is 18.2. The molecule has 50 heavy (non-hydrogen) atoms. The van der Waals surface area contributed by atoms with Crippen LogP contribution >= 0.6 is 16.5 Å². The van der Waals surface area contributed by atoms with Crippen molar-refractivity contribution in [3.05, 3.63) is 107 Å². The van der Waals surface area contributed by atoms with E-state index < -0.39 is 27.7 Å². The molecule has 3 aromatic heterocycles. The monoisotopic (exact) mass is 704 g/mol. The lowest BCUT2D eigenvalue weighted by atomic mass is 9.69. The first-order valence-electron chi connectivity index (χ1n) is 17.5. The average molecular weight is 705 g/mol. The van der Waals surface area contributed by atoms with Crippen molar-refractivity contribution in [1.82, 2.24) is 8.33 Å². The lowest BCUT2D eigenvalue weighted by Gasteiger charge is -2.43. The Morgan fingerprint density at radius 1 is 0.800 bits per heavy atom. The van der Waals surface area contributed by atoms with E-state index in [9.17, 15) is 0 Å².